The molecule has 2 aromatic rings. The van der Waals surface area contributed by atoms with Gasteiger partial charge in [0.1, 0.15) is 5.75 Å². The molecule has 0 saturated heterocycles. The molecular weight excluding hydrogens is 330 g/mol. The number of nitrogens with one attached hydrogen (secondary N) is 1. The summed E-state index contributed by atoms with van der Waals surface area (Å²) in [7, 11) is 3.20. The van der Waals surface area contributed by atoms with E-state index in [-0.39, 0.29) is 11.9 Å². The highest BCUT2D eigenvalue weighted by Crippen LogP contribution is 2.31. The quantitative estimate of drug-likeness (QED) is 0.724. The molecule has 5 heteroatoms. The molecule has 0 spiro atoms. The normalized spacial score (nSPS) is 11.5. The maximum atomic E-state index is 12.6. The fourth-order valence-electron chi connectivity index (χ4n) is 2.65. The number of amides is 1. The molecule has 0 unspecified atom stereocenters. The van der Waals surface area contributed by atoms with Gasteiger partial charge in [0, 0.05) is 5.56 Å². The van der Waals surface area contributed by atoms with Crippen LogP contribution in [0.5, 0.6) is 17.2 Å². The van der Waals surface area contributed by atoms with Gasteiger partial charge in [-0.25, -0.2) is 0 Å². The van der Waals surface area contributed by atoms with Crippen molar-refractivity contribution in [1.82, 2.24) is 5.32 Å². The Morgan fingerprint density at radius 3 is 2.27 bits per heavy atom. The van der Waals surface area contributed by atoms with Crippen LogP contribution in [0, 0.1) is 0 Å². The molecule has 0 bridgehead atoms. The summed E-state index contributed by atoms with van der Waals surface area (Å²) in [5, 5.41) is 3.07. The Labute approximate surface area is 155 Å². The van der Waals surface area contributed by atoms with Gasteiger partial charge in [0.05, 0.1) is 26.9 Å². The molecule has 0 heterocycles. The number of benzene rings is 2. The number of methoxy groups -OCH3 is 2. The van der Waals surface area contributed by atoms with Crippen LogP contribution >= 0.6 is 0 Å². The fourth-order valence-corrected chi connectivity index (χ4v) is 2.65. The Morgan fingerprint density at radius 2 is 1.69 bits per heavy atom. The van der Waals surface area contributed by atoms with Crippen LogP contribution in [0.25, 0.3) is 0 Å². The molecule has 1 amide bonds. The van der Waals surface area contributed by atoms with E-state index in [4.69, 9.17) is 14.2 Å². The Balaban J connectivity index is 2.10. The molecule has 2 aromatic carbocycles. The number of hydrogen-bond acceptors (Lipinski definition) is 4. The summed E-state index contributed by atoms with van der Waals surface area (Å²) in [5.41, 5.74) is 1.58. The van der Waals surface area contributed by atoms with Gasteiger partial charge in [-0.15, -0.1) is 0 Å². The number of carbonyl (C=O) groups is 1. The lowest BCUT2D eigenvalue weighted by Crippen LogP contribution is -2.28. The monoisotopic (exact) mass is 357 g/mol. The van der Waals surface area contributed by atoms with E-state index in [0.29, 0.717) is 23.7 Å². The predicted molar refractivity (Wildman–Crippen MR) is 102 cm³/mol. The van der Waals surface area contributed by atoms with Crippen LogP contribution < -0.4 is 19.5 Å². The Bertz CT molecular complexity index is 712. The van der Waals surface area contributed by atoms with Crippen molar-refractivity contribution in [2.24, 2.45) is 0 Å². The largest absolute Gasteiger partial charge is 0.494 e. The molecule has 0 saturated carbocycles. The molecule has 0 aromatic heterocycles. The second-order valence-electron chi connectivity index (χ2n) is 5.92. The molecule has 0 fully saturated rings. The van der Waals surface area contributed by atoms with E-state index in [1.165, 1.54) is 0 Å². The highest BCUT2D eigenvalue weighted by atomic mass is 16.5. The van der Waals surface area contributed by atoms with Gasteiger partial charge in [-0.2, -0.15) is 0 Å². The lowest BCUT2D eigenvalue weighted by atomic mass is 10.0. The molecule has 5 nitrogen and oxygen atoms in total. The van der Waals surface area contributed by atoms with Crippen LogP contribution in [-0.4, -0.2) is 26.7 Å². The molecule has 0 radical (unpaired) electrons. The molecule has 0 aliphatic heterocycles. The van der Waals surface area contributed by atoms with E-state index in [1.807, 2.05) is 37.3 Å². The maximum Gasteiger partial charge on any atom is 0.251 e. The van der Waals surface area contributed by atoms with E-state index in [1.54, 1.807) is 26.4 Å². The van der Waals surface area contributed by atoms with Crippen LogP contribution in [0.3, 0.4) is 0 Å². The van der Waals surface area contributed by atoms with E-state index in [0.717, 1.165) is 24.2 Å². The molecule has 140 valence electrons. The van der Waals surface area contributed by atoms with Crippen LogP contribution in [0.2, 0.25) is 0 Å². The second kappa shape index (κ2) is 9.70. The Morgan fingerprint density at radius 1 is 1.00 bits per heavy atom. The van der Waals surface area contributed by atoms with Gasteiger partial charge in [-0.1, -0.05) is 19.9 Å². The van der Waals surface area contributed by atoms with E-state index < -0.39 is 0 Å². The van der Waals surface area contributed by atoms with Gasteiger partial charge in [-0.05, 0) is 54.8 Å². The van der Waals surface area contributed by atoms with E-state index in [9.17, 15) is 4.79 Å². The Kier molecular flexibility index (Phi) is 7.33. The third kappa shape index (κ3) is 4.91. The fraction of sp³-hybridized carbons (Fsp3) is 0.381. The van der Waals surface area contributed by atoms with Gasteiger partial charge in [-0.3, -0.25) is 4.79 Å². The lowest BCUT2D eigenvalue weighted by molar-refractivity contribution is 0.0935. The van der Waals surface area contributed by atoms with Gasteiger partial charge >= 0.3 is 0 Å². The van der Waals surface area contributed by atoms with Crippen LogP contribution in [0.1, 0.15) is 48.7 Å². The summed E-state index contributed by atoms with van der Waals surface area (Å²) < 4.78 is 16.2. The van der Waals surface area contributed by atoms with Crippen LogP contribution in [-0.2, 0) is 0 Å². The highest BCUT2D eigenvalue weighted by Gasteiger charge is 2.16. The van der Waals surface area contributed by atoms with Crippen molar-refractivity contribution in [3.63, 3.8) is 0 Å². The zero-order chi connectivity index (χ0) is 18.9. The second-order valence-corrected chi connectivity index (χ2v) is 5.92. The minimum atomic E-state index is -0.117. The molecule has 1 N–H and O–H groups in total. The number of carbonyl (C=O) groups excluding carboxylic acids is 1. The van der Waals surface area contributed by atoms with Crippen molar-refractivity contribution in [2.45, 2.75) is 32.7 Å². The summed E-state index contributed by atoms with van der Waals surface area (Å²) in [6.07, 6.45) is 1.71. The van der Waals surface area contributed by atoms with Crippen molar-refractivity contribution in [3.05, 3.63) is 53.6 Å². The van der Waals surface area contributed by atoms with Crippen LogP contribution in [0.4, 0.5) is 0 Å². The highest BCUT2D eigenvalue weighted by molar-refractivity contribution is 5.94. The van der Waals surface area contributed by atoms with Crippen LogP contribution in [0.15, 0.2) is 42.5 Å². The number of hydrogen-bond donors (Lipinski definition) is 1. The van der Waals surface area contributed by atoms with Crippen molar-refractivity contribution < 1.29 is 19.0 Å². The minimum Gasteiger partial charge on any atom is -0.494 e. The minimum absolute atomic E-state index is 0.113. The Hall–Kier alpha value is -2.69. The zero-order valence-corrected chi connectivity index (χ0v) is 15.9. The summed E-state index contributed by atoms with van der Waals surface area (Å²) in [4.78, 5) is 12.6. The summed E-state index contributed by atoms with van der Waals surface area (Å²) in [6, 6.07) is 12.8. The first-order valence-corrected chi connectivity index (χ1v) is 8.88. The molecule has 0 aliphatic rings. The predicted octanol–water partition coefficient (Wildman–Crippen LogP) is 4.37. The summed E-state index contributed by atoms with van der Waals surface area (Å²) in [5.74, 6) is 1.97. The SMILES string of the molecule is CCCOc1ccc(C(=O)N[C@@H](CC)c2ccc(OC)c(OC)c2)cc1. The van der Waals surface area contributed by atoms with Crippen molar-refractivity contribution in [3.8, 4) is 17.2 Å². The van der Waals surface area contributed by atoms with Gasteiger partial charge in [0.15, 0.2) is 11.5 Å². The molecule has 1 atom stereocenters. The first-order valence-electron chi connectivity index (χ1n) is 8.88. The smallest absolute Gasteiger partial charge is 0.251 e. The molecule has 26 heavy (non-hydrogen) atoms. The average Bonchev–Trinajstić information content (AvgIpc) is 2.70. The van der Waals surface area contributed by atoms with Crippen molar-refractivity contribution in [1.29, 1.82) is 0 Å². The number of ether oxygens (including phenoxy) is 3. The van der Waals surface area contributed by atoms with Crippen molar-refractivity contribution >= 4 is 5.91 Å². The molecular formula is C21H27NO4. The molecule has 0 aliphatic carbocycles. The first kappa shape index (κ1) is 19.6. The summed E-state index contributed by atoms with van der Waals surface area (Å²) in [6.45, 7) is 4.76. The number of rotatable bonds is 9. The van der Waals surface area contributed by atoms with Gasteiger partial charge < -0.3 is 19.5 Å². The third-order valence-corrected chi connectivity index (χ3v) is 4.11. The standard InChI is InChI=1S/C21H27NO4/c1-5-13-26-17-10-7-15(8-11-17)21(23)22-18(6-2)16-9-12-19(24-3)20(14-16)25-4/h7-12,14,18H,5-6,13H2,1-4H3,(H,22,23)/t18-/m0/s1. The maximum absolute atomic E-state index is 12.6. The van der Waals surface area contributed by atoms with E-state index in [2.05, 4.69) is 12.2 Å². The average molecular weight is 357 g/mol. The molecule has 2 rings (SSSR count). The summed E-state index contributed by atoms with van der Waals surface area (Å²) >= 11 is 0. The van der Waals surface area contributed by atoms with Crippen molar-refractivity contribution in [2.75, 3.05) is 20.8 Å². The topological polar surface area (TPSA) is 56.8 Å². The lowest BCUT2D eigenvalue weighted by Gasteiger charge is -2.19. The van der Waals surface area contributed by atoms with E-state index >= 15 is 0 Å². The zero-order valence-electron chi connectivity index (χ0n) is 15.9. The third-order valence-electron chi connectivity index (χ3n) is 4.11. The first-order chi connectivity index (χ1) is 12.6. The van der Waals surface area contributed by atoms with Gasteiger partial charge in [0.2, 0.25) is 0 Å². The van der Waals surface area contributed by atoms with Gasteiger partial charge in [0.25, 0.3) is 5.91 Å².